The quantitative estimate of drug-likeness (QED) is 0.565. The molecule has 2 amide bonds. The first-order valence-electron chi connectivity index (χ1n) is 10.1. The average molecular weight is 420 g/mol. The van der Waals surface area contributed by atoms with Crippen LogP contribution < -0.4 is 10.2 Å². The maximum Gasteiger partial charge on any atom is 0.256 e. The summed E-state index contributed by atoms with van der Waals surface area (Å²) in [5, 5.41) is 2.60. The number of nitrogens with zero attached hydrogens (tertiary/aromatic N) is 1. The zero-order valence-electron chi connectivity index (χ0n) is 17.2. The van der Waals surface area contributed by atoms with E-state index in [1.165, 1.54) is 41.3 Å². The smallest absolute Gasteiger partial charge is 0.256 e. The van der Waals surface area contributed by atoms with Crippen LogP contribution in [0, 0.1) is 11.6 Å². The number of hydrogen-bond acceptors (Lipinski definition) is 2. The highest BCUT2D eigenvalue weighted by molar-refractivity contribution is 6.17. The van der Waals surface area contributed by atoms with Gasteiger partial charge in [-0.05, 0) is 41.3 Å². The van der Waals surface area contributed by atoms with E-state index in [9.17, 15) is 18.4 Å². The number of anilines is 2. The van der Waals surface area contributed by atoms with E-state index < -0.39 is 23.1 Å². The van der Waals surface area contributed by atoms with Gasteiger partial charge in [0.05, 0.1) is 17.8 Å². The normalized spacial score (nSPS) is 18.1. The van der Waals surface area contributed by atoms with Crippen molar-refractivity contribution in [2.75, 3.05) is 10.2 Å². The third-order valence-electron chi connectivity index (χ3n) is 5.68. The highest BCUT2D eigenvalue weighted by atomic mass is 19.1. The van der Waals surface area contributed by atoms with Crippen LogP contribution in [0.4, 0.5) is 20.2 Å². The highest BCUT2D eigenvalue weighted by Gasteiger charge is 2.59. The second-order valence-corrected chi connectivity index (χ2v) is 7.93. The monoisotopic (exact) mass is 420 g/mol. The Morgan fingerprint density at radius 1 is 0.935 bits per heavy atom. The first kappa shape index (κ1) is 20.7. The van der Waals surface area contributed by atoms with E-state index >= 15 is 0 Å². The van der Waals surface area contributed by atoms with Crippen LogP contribution in [0.3, 0.4) is 0 Å². The zero-order valence-corrected chi connectivity index (χ0v) is 17.2. The van der Waals surface area contributed by atoms with E-state index in [0.717, 1.165) is 5.56 Å². The number of halogens is 2. The van der Waals surface area contributed by atoms with Gasteiger partial charge in [-0.25, -0.2) is 8.78 Å². The van der Waals surface area contributed by atoms with E-state index in [1.807, 2.05) is 26.0 Å². The van der Waals surface area contributed by atoms with Crippen molar-refractivity contribution in [1.29, 1.82) is 0 Å². The molecule has 4 nitrogen and oxygen atoms in total. The fraction of sp³-hybridized carbons (Fsp3) is 0.200. The third-order valence-corrected chi connectivity index (χ3v) is 5.68. The molecule has 1 unspecified atom stereocenters. The lowest BCUT2D eigenvalue weighted by Gasteiger charge is -2.50. The van der Waals surface area contributed by atoms with Gasteiger partial charge in [0.25, 0.3) is 5.91 Å². The van der Waals surface area contributed by atoms with Crippen molar-refractivity contribution in [3.8, 4) is 0 Å². The molecule has 4 rings (SSSR count). The Morgan fingerprint density at radius 2 is 1.55 bits per heavy atom. The zero-order chi connectivity index (χ0) is 22.2. The number of carbonyl (C=O) groups excluding carboxylic acids is 2. The van der Waals surface area contributed by atoms with Crippen molar-refractivity contribution in [2.24, 2.45) is 0 Å². The molecule has 31 heavy (non-hydrogen) atoms. The number of para-hydroxylation sites is 2. The van der Waals surface area contributed by atoms with Crippen LogP contribution >= 0.6 is 0 Å². The topological polar surface area (TPSA) is 49.4 Å². The minimum atomic E-state index is -1.49. The Morgan fingerprint density at radius 3 is 2.13 bits per heavy atom. The summed E-state index contributed by atoms with van der Waals surface area (Å²) >= 11 is 0. The summed E-state index contributed by atoms with van der Waals surface area (Å²) in [6, 6.07) is 18.9. The molecule has 0 bridgehead atoms. The Labute approximate surface area is 179 Å². The summed E-state index contributed by atoms with van der Waals surface area (Å²) in [7, 11) is 0. The molecular formula is C25H22F2N2O2. The molecule has 1 fully saturated rings. The van der Waals surface area contributed by atoms with Crippen LogP contribution in [0.25, 0.3) is 0 Å². The molecule has 0 spiro atoms. The molecule has 3 aromatic rings. The van der Waals surface area contributed by atoms with Crippen LogP contribution in [-0.2, 0) is 15.1 Å². The first-order valence-corrected chi connectivity index (χ1v) is 10.1. The summed E-state index contributed by atoms with van der Waals surface area (Å²) in [6.45, 7) is 4.10. The Bertz CT molecular complexity index is 1140. The van der Waals surface area contributed by atoms with E-state index in [4.69, 9.17) is 0 Å². The lowest BCUT2D eigenvalue weighted by atomic mass is 9.75. The number of nitrogens with one attached hydrogen (secondary N) is 1. The van der Waals surface area contributed by atoms with Crippen LogP contribution in [0.5, 0.6) is 0 Å². The molecule has 0 radical (unpaired) electrons. The predicted octanol–water partition coefficient (Wildman–Crippen LogP) is 5.36. The minimum absolute atomic E-state index is 0.00138. The van der Waals surface area contributed by atoms with Gasteiger partial charge in [-0.3, -0.25) is 14.5 Å². The number of amides is 2. The maximum absolute atomic E-state index is 14.6. The Hall–Kier alpha value is -3.54. The van der Waals surface area contributed by atoms with Gasteiger partial charge >= 0.3 is 0 Å². The molecule has 1 aliphatic heterocycles. The second-order valence-electron chi connectivity index (χ2n) is 7.93. The molecule has 6 heteroatoms. The summed E-state index contributed by atoms with van der Waals surface area (Å²) in [6.07, 6.45) is -0.150. The third kappa shape index (κ3) is 3.48. The average Bonchev–Trinajstić information content (AvgIpc) is 2.75. The number of carbonyl (C=O) groups is 2. The minimum Gasteiger partial charge on any atom is -0.321 e. The van der Waals surface area contributed by atoms with Gasteiger partial charge in [-0.15, -0.1) is 0 Å². The highest BCUT2D eigenvalue weighted by Crippen LogP contribution is 2.46. The fourth-order valence-electron chi connectivity index (χ4n) is 3.95. The van der Waals surface area contributed by atoms with Gasteiger partial charge in [0, 0.05) is 0 Å². The lowest BCUT2D eigenvalue weighted by molar-refractivity contribution is -0.137. The van der Waals surface area contributed by atoms with Crippen molar-refractivity contribution in [3.05, 3.63) is 95.6 Å². The van der Waals surface area contributed by atoms with E-state index in [0.29, 0.717) is 5.56 Å². The Kier molecular flexibility index (Phi) is 5.31. The molecule has 1 saturated heterocycles. The molecule has 0 aromatic heterocycles. The number of β-lactam (4-membered cyclic amide) rings is 1. The largest absolute Gasteiger partial charge is 0.321 e. The molecule has 3 aromatic carbocycles. The summed E-state index contributed by atoms with van der Waals surface area (Å²) in [5.41, 5.74) is 0.121. The second kappa shape index (κ2) is 7.95. The summed E-state index contributed by atoms with van der Waals surface area (Å²) in [5.74, 6) is -1.91. The van der Waals surface area contributed by atoms with Crippen LogP contribution in [0.2, 0.25) is 0 Å². The predicted molar refractivity (Wildman–Crippen MR) is 116 cm³/mol. The van der Waals surface area contributed by atoms with Crippen molar-refractivity contribution >= 4 is 23.2 Å². The maximum atomic E-state index is 14.6. The number of hydrogen-bond donors (Lipinski definition) is 1. The molecule has 1 heterocycles. The van der Waals surface area contributed by atoms with Gasteiger partial charge in [0.15, 0.2) is 5.54 Å². The lowest BCUT2D eigenvalue weighted by Crippen LogP contribution is -2.67. The summed E-state index contributed by atoms with van der Waals surface area (Å²) in [4.78, 5) is 27.4. The SMILES string of the molecule is CC(C)c1ccc(C2(C(=O)Nc3ccccc3F)CC(=O)N2c2ccccc2F)cc1. The van der Waals surface area contributed by atoms with Crippen molar-refractivity contribution in [2.45, 2.75) is 31.7 Å². The van der Waals surface area contributed by atoms with Crippen LogP contribution in [0.15, 0.2) is 72.8 Å². The van der Waals surface area contributed by atoms with Gasteiger partial charge in [-0.2, -0.15) is 0 Å². The molecule has 0 saturated carbocycles. The van der Waals surface area contributed by atoms with Crippen molar-refractivity contribution in [1.82, 2.24) is 0 Å². The molecular weight excluding hydrogens is 398 g/mol. The number of benzene rings is 3. The number of rotatable bonds is 5. The van der Waals surface area contributed by atoms with E-state index in [1.54, 1.807) is 24.3 Å². The van der Waals surface area contributed by atoms with Crippen LogP contribution in [-0.4, -0.2) is 11.8 Å². The standard InChI is InChI=1S/C25H22F2N2O2/c1-16(2)17-11-13-18(14-12-17)25(24(31)28-21-9-5-3-7-19(21)26)15-23(30)29(25)22-10-6-4-8-20(22)27/h3-14,16H,15H2,1-2H3,(H,28,31). The van der Waals surface area contributed by atoms with Gasteiger partial charge < -0.3 is 5.32 Å². The summed E-state index contributed by atoms with van der Waals surface area (Å²) < 4.78 is 28.8. The van der Waals surface area contributed by atoms with E-state index in [-0.39, 0.29) is 29.6 Å². The molecule has 1 atom stereocenters. The van der Waals surface area contributed by atoms with Crippen molar-refractivity contribution in [3.63, 3.8) is 0 Å². The van der Waals surface area contributed by atoms with Gasteiger partial charge in [-0.1, -0.05) is 62.4 Å². The van der Waals surface area contributed by atoms with Gasteiger partial charge in [0.1, 0.15) is 11.6 Å². The van der Waals surface area contributed by atoms with Gasteiger partial charge in [0.2, 0.25) is 5.91 Å². The van der Waals surface area contributed by atoms with E-state index in [2.05, 4.69) is 5.32 Å². The molecule has 158 valence electrons. The van der Waals surface area contributed by atoms with Crippen LogP contribution in [0.1, 0.15) is 37.3 Å². The first-order chi connectivity index (χ1) is 14.8. The molecule has 1 N–H and O–H groups in total. The molecule has 0 aliphatic carbocycles. The molecule has 1 aliphatic rings. The van der Waals surface area contributed by atoms with Crippen molar-refractivity contribution < 1.29 is 18.4 Å². The fourth-order valence-corrected chi connectivity index (χ4v) is 3.95. The Balaban J connectivity index is 1.83.